The minimum atomic E-state index is -0.844. The molecule has 0 radical (unpaired) electrons. The summed E-state index contributed by atoms with van der Waals surface area (Å²) in [5.41, 5.74) is 2.98. The van der Waals surface area contributed by atoms with Gasteiger partial charge in [0.05, 0.1) is 64.8 Å². The Bertz CT molecular complexity index is 1990. The fourth-order valence-electron chi connectivity index (χ4n) is 10.2. The van der Waals surface area contributed by atoms with Crippen LogP contribution in [0.1, 0.15) is 26.7 Å². The van der Waals surface area contributed by atoms with Gasteiger partial charge in [0.25, 0.3) is 0 Å². The second-order valence-corrected chi connectivity index (χ2v) is 14.8. The van der Waals surface area contributed by atoms with Gasteiger partial charge < -0.3 is 9.53 Å². The predicted molar refractivity (Wildman–Crippen MR) is 186 cm³/mol. The van der Waals surface area contributed by atoms with E-state index in [-0.39, 0.29) is 54.1 Å². The molecular weight excluding hydrogens is 662 g/mol. The van der Waals surface area contributed by atoms with Crippen molar-refractivity contribution in [3.63, 3.8) is 0 Å². The van der Waals surface area contributed by atoms with Gasteiger partial charge in [0.2, 0.25) is 35.4 Å². The van der Waals surface area contributed by atoms with Crippen LogP contribution < -0.4 is 14.7 Å². The fourth-order valence-corrected chi connectivity index (χ4v) is 10.2. The lowest BCUT2D eigenvalue weighted by Crippen LogP contribution is -2.49. The number of imide groups is 3. The van der Waals surface area contributed by atoms with Crippen LogP contribution in [0.25, 0.3) is 0 Å². The highest BCUT2D eigenvalue weighted by Gasteiger charge is 2.72. The summed E-state index contributed by atoms with van der Waals surface area (Å²) in [6.07, 6.45) is -1.25. The highest BCUT2D eigenvalue weighted by Crippen LogP contribution is 2.65. The second-order valence-electron chi connectivity index (χ2n) is 14.8. The zero-order valence-corrected chi connectivity index (χ0v) is 28.5. The molecule has 0 aromatic heterocycles. The number of benzene rings is 3. The number of amides is 6. The average Bonchev–Trinajstić information content (AvgIpc) is 3.81. The van der Waals surface area contributed by atoms with Crippen LogP contribution in [0.15, 0.2) is 102 Å². The molecule has 3 aromatic rings. The first-order chi connectivity index (χ1) is 25.1. The maximum atomic E-state index is 14.5. The molecule has 52 heavy (non-hydrogen) atoms. The maximum Gasteiger partial charge on any atom is 0.240 e. The van der Waals surface area contributed by atoms with E-state index in [9.17, 15) is 33.6 Å². The number of rotatable bonds is 3. The Morgan fingerprint density at radius 1 is 0.462 bits per heavy atom. The van der Waals surface area contributed by atoms with Crippen LogP contribution in [-0.4, -0.2) is 53.4 Å². The van der Waals surface area contributed by atoms with E-state index in [0.717, 1.165) is 11.1 Å². The molecule has 4 heterocycles. The molecule has 0 unspecified atom stereocenters. The lowest BCUT2D eigenvalue weighted by atomic mass is 9.53. The molecule has 10 rings (SSSR count). The summed E-state index contributed by atoms with van der Waals surface area (Å²) >= 11 is 0. The zero-order valence-electron chi connectivity index (χ0n) is 28.5. The third-order valence-corrected chi connectivity index (χ3v) is 12.0. The van der Waals surface area contributed by atoms with Crippen molar-refractivity contribution in [1.29, 1.82) is 0 Å². The topological polar surface area (TPSA) is 138 Å². The monoisotopic (exact) mass is 697 g/mol. The third kappa shape index (κ3) is 4.38. The second kappa shape index (κ2) is 11.7. The standard InChI is InChI=1S/C38H29N3O7.C3H6O/c42-33-23-16-21-25-26-22(28-27(21)35(44)41(36(28)45)20-14-8-3-9-15-20)17-24-30(38(47)40(34(24)43)19-12-6-2-7-13-19)32(26)48-31(25)29(23)37(46)39(33)18-10-4-1-5-11-18;1-3(2)4/h1-15,21-24,27-32H,16-17H2;1-2H3/t21-,22+,23-,24-,27+,28-,29-,30-,31+,32+;/m1./s1. The van der Waals surface area contributed by atoms with Crippen molar-refractivity contribution in [2.45, 2.75) is 38.9 Å². The lowest BCUT2D eigenvalue weighted by molar-refractivity contribution is -0.135. The van der Waals surface area contributed by atoms with Gasteiger partial charge >= 0.3 is 0 Å². The van der Waals surface area contributed by atoms with Crippen LogP contribution in [0.4, 0.5) is 17.1 Å². The molecule has 3 saturated heterocycles. The number of hydrogen-bond acceptors (Lipinski definition) is 8. The molecule has 7 aliphatic rings. The Labute approximate surface area is 299 Å². The van der Waals surface area contributed by atoms with E-state index in [1.807, 2.05) is 18.2 Å². The average molecular weight is 698 g/mol. The SMILES string of the molecule is CC(C)=O.O=C1[C@@H]2[C@H](C(=O)N1c1ccccc1)[C@H]1C[C@H]3C(=O)N(c4ccccc4)C(=O)[C@H]3[C@H]3O[C@H]4C(=C13)[C@H]2C[C@H]1C(=O)N(c2ccccc2)C(=O)[C@H]14. The van der Waals surface area contributed by atoms with Gasteiger partial charge in [0, 0.05) is 0 Å². The van der Waals surface area contributed by atoms with Crippen molar-refractivity contribution < 1.29 is 38.3 Å². The number of ketones is 1. The Hall–Kier alpha value is -5.55. The van der Waals surface area contributed by atoms with Crippen LogP contribution in [0.3, 0.4) is 0 Å². The Morgan fingerprint density at radius 3 is 1.08 bits per heavy atom. The van der Waals surface area contributed by atoms with Crippen molar-refractivity contribution in [3.8, 4) is 0 Å². The smallest absolute Gasteiger partial charge is 0.240 e. The van der Waals surface area contributed by atoms with Crippen molar-refractivity contribution in [2.24, 2.45) is 47.3 Å². The van der Waals surface area contributed by atoms with E-state index in [2.05, 4.69) is 0 Å². The summed E-state index contributed by atoms with van der Waals surface area (Å²) in [5.74, 6) is -7.79. The number of para-hydroxylation sites is 3. The molecule has 3 aliphatic carbocycles. The summed E-state index contributed by atoms with van der Waals surface area (Å²) in [6.45, 7) is 3.06. The van der Waals surface area contributed by atoms with Crippen molar-refractivity contribution in [1.82, 2.24) is 0 Å². The summed E-state index contributed by atoms with van der Waals surface area (Å²) in [5, 5.41) is 0. The Kier molecular flexibility index (Phi) is 7.31. The third-order valence-electron chi connectivity index (χ3n) is 12.0. The van der Waals surface area contributed by atoms with E-state index >= 15 is 0 Å². The maximum absolute atomic E-state index is 14.5. The van der Waals surface area contributed by atoms with Crippen LogP contribution >= 0.6 is 0 Å². The van der Waals surface area contributed by atoms with Gasteiger partial charge in [-0.3, -0.25) is 33.7 Å². The molecule has 11 nitrogen and oxygen atoms in total. The number of hydrogen-bond donors (Lipinski definition) is 0. The van der Waals surface area contributed by atoms with Gasteiger partial charge in [-0.15, -0.1) is 0 Å². The first-order valence-corrected chi connectivity index (χ1v) is 17.7. The summed E-state index contributed by atoms with van der Waals surface area (Å²) in [6, 6.07) is 26.3. The molecule has 10 atom stereocenters. The number of nitrogens with zero attached hydrogens (tertiary/aromatic N) is 3. The van der Waals surface area contributed by atoms with E-state index in [1.54, 1.807) is 72.8 Å². The molecule has 0 spiro atoms. The molecule has 262 valence electrons. The number of ether oxygens (including phenoxy) is 1. The molecule has 0 N–H and O–H groups in total. The van der Waals surface area contributed by atoms with Gasteiger partial charge in [0.1, 0.15) is 5.78 Å². The van der Waals surface area contributed by atoms with Gasteiger partial charge in [-0.1, -0.05) is 54.6 Å². The predicted octanol–water partition coefficient (Wildman–Crippen LogP) is 4.12. The molecule has 6 amide bonds. The molecule has 4 aliphatic heterocycles. The van der Waals surface area contributed by atoms with Gasteiger partial charge in [-0.05, 0) is 86.1 Å². The number of anilines is 3. The van der Waals surface area contributed by atoms with Gasteiger partial charge in [0.15, 0.2) is 0 Å². The van der Waals surface area contributed by atoms with E-state index < -0.39 is 59.6 Å². The molecule has 3 aromatic carbocycles. The van der Waals surface area contributed by atoms with Crippen LogP contribution in [-0.2, 0) is 38.3 Å². The van der Waals surface area contributed by atoms with Crippen LogP contribution in [0.2, 0.25) is 0 Å². The minimum absolute atomic E-state index is 0.167. The normalized spacial score (nSPS) is 33.8. The largest absolute Gasteiger partial charge is 0.365 e. The van der Waals surface area contributed by atoms with E-state index in [1.165, 1.54) is 28.5 Å². The van der Waals surface area contributed by atoms with E-state index in [4.69, 9.17) is 4.74 Å². The van der Waals surface area contributed by atoms with Crippen LogP contribution in [0.5, 0.6) is 0 Å². The van der Waals surface area contributed by atoms with Crippen LogP contribution in [0, 0.1) is 47.3 Å². The molecule has 2 saturated carbocycles. The molecular formula is C41H35N3O8. The van der Waals surface area contributed by atoms with Crippen molar-refractivity contribution in [3.05, 3.63) is 102 Å². The summed E-state index contributed by atoms with van der Waals surface area (Å²) in [4.78, 5) is 98.7. The molecule has 5 fully saturated rings. The zero-order chi connectivity index (χ0) is 36.2. The number of Topliss-reactive ketones (excluding diaryl/α,β-unsaturated/α-hetero) is 1. The Balaban J connectivity index is 0.000000859. The number of carbonyl (C=O) groups excluding carboxylic acids is 7. The highest BCUT2D eigenvalue weighted by molar-refractivity contribution is 6.25. The first kappa shape index (κ1) is 32.4. The fraction of sp³-hybridized carbons (Fsp3) is 0.341. The van der Waals surface area contributed by atoms with E-state index in [0.29, 0.717) is 17.1 Å². The first-order valence-electron chi connectivity index (χ1n) is 17.7. The molecule has 11 heteroatoms. The number of carbonyl (C=O) groups is 7. The highest BCUT2D eigenvalue weighted by atomic mass is 16.5. The summed E-state index contributed by atoms with van der Waals surface area (Å²) in [7, 11) is 0. The Morgan fingerprint density at radius 2 is 0.750 bits per heavy atom. The summed E-state index contributed by atoms with van der Waals surface area (Å²) < 4.78 is 6.82. The lowest BCUT2D eigenvalue weighted by Gasteiger charge is -2.46. The van der Waals surface area contributed by atoms with Crippen molar-refractivity contribution in [2.75, 3.05) is 14.7 Å². The molecule has 0 bridgehead atoms. The quantitative estimate of drug-likeness (QED) is 0.295. The van der Waals surface area contributed by atoms with Gasteiger partial charge in [-0.2, -0.15) is 0 Å². The van der Waals surface area contributed by atoms with Gasteiger partial charge in [-0.25, -0.2) is 9.80 Å². The minimum Gasteiger partial charge on any atom is -0.365 e. The number of fused-ring (bicyclic) bond motifs is 7. The van der Waals surface area contributed by atoms with Crippen molar-refractivity contribution >= 4 is 58.3 Å².